The van der Waals surface area contributed by atoms with Gasteiger partial charge in [-0.3, -0.25) is 0 Å². The summed E-state index contributed by atoms with van der Waals surface area (Å²) in [5.74, 6) is 0. The molecule has 0 atom stereocenters. The van der Waals surface area contributed by atoms with E-state index in [9.17, 15) is 0 Å². The molecule has 3 heteroatoms. The third kappa shape index (κ3) is 2.53. The van der Waals surface area contributed by atoms with Gasteiger partial charge in [0.05, 0.1) is 11.6 Å². The van der Waals surface area contributed by atoms with Crippen molar-refractivity contribution in [1.82, 2.24) is 0 Å². The predicted octanol–water partition coefficient (Wildman–Crippen LogP) is 2.46. The van der Waals surface area contributed by atoms with E-state index >= 15 is 0 Å². The fourth-order valence-corrected chi connectivity index (χ4v) is 1.96. The van der Waals surface area contributed by atoms with Crippen molar-refractivity contribution < 1.29 is 4.74 Å². The molecule has 1 N–H and O–H groups in total. The van der Waals surface area contributed by atoms with Gasteiger partial charge in [0.25, 0.3) is 0 Å². The van der Waals surface area contributed by atoms with Gasteiger partial charge >= 0.3 is 0 Å². The molecule has 0 saturated carbocycles. The lowest BCUT2D eigenvalue weighted by Gasteiger charge is -2.24. The van der Waals surface area contributed by atoms with E-state index in [1.807, 2.05) is 25.1 Å². The van der Waals surface area contributed by atoms with Crippen LogP contribution < -0.4 is 5.32 Å². The van der Waals surface area contributed by atoms with E-state index in [-0.39, 0.29) is 0 Å². The summed E-state index contributed by atoms with van der Waals surface area (Å²) < 4.78 is 5.31. The molecule has 3 nitrogen and oxygen atoms in total. The van der Waals surface area contributed by atoms with E-state index in [2.05, 4.69) is 11.4 Å². The zero-order chi connectivity index (χ0) is 11.4. The van der Waals surface area contributed by atoms with Crippen LogP contribution in [0.2, 0.25) is 0 Å². The number of hydrogen-bond donors (Lipinski definition) is 1. The fourth-order valence-electron chi connectivity index (χ4n) is 1.96. The number of ether oxygens (including phenoxy) is 1. The predicted molar refractivity (Wildman–Crippen MR) is 63.4 cm³/mol. The normalized spacial score (nSPS) is 16.8. The van der Waals surface area contributed by atoms with Gasteiger partial charge in [-0.05, 0) is 43.5 Å². The van der Waals surface area contributed by atoms with E-state index in [0.717, 1.165) is 42.9 Å². The summed E-state index contributed by atoms with van der Waals surface area (Å²) in [4.78, 5) is 0. The van der Waals surface area contributed by atoms with Crippen molar-refractivity contribution in [3.8, 4) is 6.07 Å². The van der Waals surface area contributed by atoms with E-state index in [1.54, 1.807) is 0 Å². The molecule has 1 heterocycles. The van der Waals surface area contributed by atoms with Crippen LogP contribution >= 0.6 is 0 Å². The first-order valence-electron chi connectivity index (χ1n) is 5.64. The summed E-state index contributed by atoms with van der Waals surface area (Å²) in [5.41, 5.74) is 2.88. The summed E-state index contributed by atoms with van der Waals surface area (Å²) in [6.07, 6.45) is 2.11. The van der Waals surface area contributed by atoms with Gasteiger partial charge in [0.15, 0.2) is 0 Å². The summed E-state index contributed by atoms with van der Waals surface area (Å²) in [5, 5.41) is 12.3. The molecule has 1 aliphatic rings. The number of nitrogens with zero attached hydrogens (tertiary/aromatic N) is 1. The Labute approximate surface area is 96.0 Å². The third-order valence-corrected chi connectivity index (χ3v) is 2.94. The summed E-state index contributed by atoms with van der Waals surface area (Å²) in [7, 11) is 0. The standard InChI is InChI=1S/C13H16N2O/c1-10-8-13(3-2-11(10)9-14)15-12-4-6-16-7-5-12/h2-3,8,12,15H,4-7H2,1H3. The molecule has 1 fully saturated rings. The van der Waals surface area contributed by atoms with E-state index in [0.29, 0.717) is 6.04 Å². The molecule has 0 aliphatic carbocycles. The Balaban J connectivity index is 2.04. The monoisotopic (exact) mass is 216 g/mol. The highest BCUT2D eigenvalue weighted by molar-refractivity contribution is 5.52. The van der Waals surface area contributed by atoms with Crippen LogP contribution in [0.3, 0.4) is 0 Å². The maximum atomic E-state index is 8.84. The van der Waals surface area contributed by atoms with Crippen LogP contribution in [0.5, 0.6) is 0 Å². The molecule has 1 aromatic carbocycles. The van der Waals surface area contributed by atoms with Gasteiger partial charge in [-0.15, -0.1) is 0 Å². The topological polar surface area (TPSA) is 45.0 Å². The van der Waals surface area contributed by atoms with Gasteiger partial charge in [-0.2, -0.15) is 5.26 Å². The zero-order valence-electron chi connectivity index (χ0n) is 9.49. The number of hydrogen-bond acceptors (Lipinski definition) is 3. The molecule has 1 saturated heterocycles. The van der Waals surface area contributed by atoms with Gasteiger partial charge in [0.2, 0.25) is 0 Å². The van der Waals surface area contributed by atoms with Crippen LogP contribution in [0.4, 0.5) is 5.69 Å². The van der Waals surface area contributed by atoms with Gasteiger partial charge in [-0.25, -0.2) is 0 Å². The molecule has 0 spiro atoms. The van der Waals surface area contributed by atoms with Crippen LogP contribution in [-0.2, 0) is 4.74 Å². The average molecular weight is 216 g/mol. The smallest absolute Gasteiger partial charge is 0.0994 e. The Bertz CT molecular complexity index is 403. The van der Waals surface area contributed by atoms with Crippen molar-refractivity contribution >= 4 is 5.69 Å². The molecular weight excluding hydrogens is 200 g/mol. The second-order valence-corrected chi connectivity index (χ2v) is 4.17. The molecule has 0 radical (unpaired) electrons. The van der Waals surface area contributed by atoms with Crippen molar-refractivity contribution in [2.75, 3.05) is 18.5 Å². The first-order valence-corrected chi connectivity index (χ1v) is 5.64. The molecule has 1 aliphatic heterocycles. The molecule has 1 aromatic rings. The van der Waals surface area contributed by atoms with E-state index in [1.165, 1.54) is 0 Å². The first kappa shape index (κ1) is 11.0. The largest absolute Gasteiger partial charge is 0.382 e. The van der Waals surface area contributed by atoms with Crippen molar-refractivity contribution in [3.63, 3.8) is 0 Å². The number of nitriles is 1. The molecule has 2 rings (SSSR count). The molecule has 0 amide bonds. The van der Waals surface area contributed by atoms with Crippen molar-refractivity contribution in [1.29, 1.82) is 5.26 Å². The maximum absolute atomic E-state index is 8.84. The molecule has 0 aromatic heterocycles. The van der Waals surface area contributed by atoms with Crippen molar-refractivity contribution in [3.05, 3.63) is 29.3 Å². The van der Waals surface area contributed by atoms with Crippen LogP contribution in [-0.4, -0.2) is 19.3 Å². The van der Waals surface area contributed by atoms with Crippen LogP contribution in [0, 0.1) is 18.3 Å². The van der Waals surface area contributed by atoms with Crippen LogP contribution in [0.1, 0.15) is 24.0 Å². The number of benzene rings is 1. The highest BCUT2D eigenvalue weighted by Crippen LogP contribution is 2.18. The molecule has 16 heavy (non-hydrogen) atoms. The molecule has 0 unspecified atom stereocenters. The van der Waals surface area contributed by atoms with Gasteiger partial charge < -0.3 is 10.1 Å². The van der Waals surface area contributed by atoms with Gasteiger partial charge in [0.1, 0.15) is 0 Å². The minimum absolute atomic E-state index is 0.501. The lowest BCUT2D eigenvalue weighted by molar-refractivity contribution is 0.0904. The maximum Gasteiger partial charge on any atom is 0.0994 e. The number of nitrogens with one attached hydrogen (secondary N) is 1. The quantitative estimate of drug-likeness (QED) is 0.826. The summed E-state index contributed by atoms with van der Waals surface area (Å²) in [6, 6.07) is 8.56. The minimum atomic E-state index is 0.501. The van der Waals surface area contributed by atoms with Crippen LogP contribution in [0.25, 0.3) is 0 Å². The first-order chi connectivity index (χ1) is 7.79. The third-order valence-electron chi connectivity index (χ3n) is 2.94. The Morgan fingerprint density at radius 1 is 1.38 bits per heavy atom. The molecular formula is C13H16N2O. The summed E-state index contributed by atoms with van der Waals surface area (Å²) in [6.45, 7) is 3.65. The highest BCUT2D eigenvalue weighted by atomic mass is 16.5. The second kappa shape index (κ2) is 5.00. The Morgan fingerprint density at radius 2 is 2.12 bits per heavy atom. The van der Waals surface area contributed by atoms with Crippen molar-refractivity contribution in [2.45, 2.75) is 25.8 Å². The summed E-state index contributed by atoms with van der Waals surface area (Å²) >= 11 is 0. The lowest BCUT2D eigenvalue weighted by Crippen LogP contribution is -2.27. The Kier molecular flexibility index (Phi) is 3.43. The van der Waals surface area contributed by atoms with E-state index < -0.39 is 0 Å². The average Bonchev–Trinajstić information content (AvgIpc) is 2.31. The SMILES string of the molecule is Cc1cc(NC2CCOCC2)ccc1C#N. The Hall–Kier alpha value is -1.53. The van der Waals surface area contributed by atoms with Gasteiger partial charge in [-0.1, -0.05) is 0 Å². The molecule has 0 bridgehead atoms. The number of anilines is 1. The number of aryl methyl sites for hydroxylation is 1. The second-order valence-electron chi connectivity index (χ2n) is 4.17. The van der Waals surface area contributed by atoms with Crippen LogP contribution in [0.15, 0.2) is 18.2 Å². The van der Waals surface area contributed by atoms with Crippen molar-refractivity contribution in [2.24, 2.45) is 0 Å². The molecule has 84 valence electrons. The fraction of sp³-hybridized carbons (Fsp3) is 0.462. The zero-order valence-corrected chi connectivity index (χ0v) is 9.49. The minimum Gasteiger partial charge on any atom is -0.382 e. The number of rotatable bonds is 2. The van der Waals surface area contributed by atoms with E-state index in [4.69, 9.17) is 10.00 Å². The van der Waals surface area contributed by atoms with Gasteiger partial charge in [0, 0.05) is 24.9 Å². The highest BCUT2D eigenvalue weighted by Gasteiger charge is 2.13. The lowest BCUT2D eigenvalue weighted by atomic mass is 10.1. The Morgan fingerprint density at radius 3 is 2.75 bits per heavy atom.